The van der Waals surface area contributed by atoms with Crippen molar-refractivity contribution in [3.63, 3.8) is 0 Å². The number of ether oxygens (including phenoxy) is 2. The number of aromatic nitrogens is 1. The molecule has 118 valence electrons. The molecule has 23 heavy (non-hydrogen) atoms. The van der Waals surface area contributed by atoms with Gasteiger partial charge in [-0.2, -0.15) is 10.4 Å². The van der Waals surface area contributed by atoms with Crippen molar-refractivity contribution in [3.8, 4) is 17.6 Å². The van der Waals surface area contributed by atoms with Gasteiger partial charge in [0.1, 0.15) is 11.6 Å². The molecular weight excluding hydrogens is 294 g/mol. The highest BCUT2D eigenvalue weighted by atomic mass is 16.5. The van der Waals surface area contributed by atoms with Crippen LogP contribution in [-0.4, -0.2) is 25.1 Å². The highest BCUT2D eigenvalue weighted by Crippen LogP contribution is 2.26. The summed E-state index contributed by atoms with van der Waals surface area (Å²) in [5.74, 6) is 1.18. The van der Waals surface area contributed by atoms with E-state index in [0.717, 1.165) is 5.56 Å². The van der Waals surface area contributed by atoms with Crippen LogP contribution in [0.15, 0.2) is 34.2 Å². The van der Waals surface area contributed by atoms with E-state index in [1.807, 2.05) is 6.07 Å². The molecule has 2 rings (SSSR count). The van der Waals surface area contributed by atoms with Gasteiger partial charge in [-0.3, -0.25) is 4.79 Å². The average molecular weight is 311 g/mol. The second kappa shape index (κ2) is 6.79. The van der Waals surface area contributed by atoms with Crippen molar-refractivity contribution in [1.29, 1.82) is 5.26 Å². The van der Waals surface area contributed by atoms with Crippen molar-refractivity contribution in [2.75, 3.05) is 14.2 Å². The average Bonchev–Trinajstić information content (AvgIpc) is 2.54. The fraction of sp³-hybridized carbons (Fsp3) is 0.235. The second-order valence-corrected chi connectivity index (χ2v) is 4.93. The number of benzene rings is 1. The molecule has 0 amide bonds. The predicted octanol–water partition coefficient (Wildman–Crippen LogP) is 2.24. The van der Waals surface area contributed by atoms with E-state index < -0.39 is 5.56 Å². The van der Waals surface area contributed by atoms with Crippen LogP contribution in [0.2, 0.25) is 0 Å². The summed E-state index contributed by atoms with van der Waals surface area (Å²) < 4.78 is 11.6. The summed E-state index contributed by atoms with van der Waals surface area (Å²) in [5.41, 5.74) is 1.71. The van der Waals surface area contributed by atoms with Gasteiger partial charge in [0.05, 0.1) is 20.4 Å². The monoisotopic (exact) mass is 311 g/mol. The van der Waals surface area contributed by atoms with Gasteiger partial charge in [-0.05, 0) is 49.2 Å². The molecule has 6 heteroatoms. The number of pyridine rings is 1. The first-order valence-corrected chi connectivity index (χ1v) is 6.91. The summed E-state index contributed by atoms with van der Waals surface area (Å²) in [5, 5.41) is 13.3. The van der Waals surface area contributed by atoms with Crippen LogP contribution in [0.4, 0.5) is 0 Å². The van der Waals surface area contributed by atoms with Gasteiger partial charge in [0.2, 0.25) is 0 Å². The molecule has 0 saturated carbocycles. The lowest BCUT2D eigenvalue weighted by atomic mass is 10.1. The maximum Gasteiger partial charge on any atom is 0.289 e. The molecule has 0 aliphatic rings. The Morgan fingerprint density at radius 3 is 2.48 bits per heavy atom. The van der Waals surface area contributed by atoms with Crippen LogP contribution in [0.1, 0.15) is 22.4 Å². The van der Waals surface area contributed by atoms with E-state index in [2.05, 4.69) is 5.10 Å². The quantitative estimate of drug-likeness (QED) is 0.811. The molecule has 0 aliphatic carbocycles. The van der Waals surface area contributed by atoms with E-state index in [1.165, 1.54) is 10.9 Å². The van der Waals surface area contributed by atoms with Gasteiger partial charge in [0.15, 0.2) is 11.5 Å². The Labute approximate surface area is 134 Å². The molecule has 6 nitrogen and oxygen atoms in total. The van der Waals surface area contributed by atoms with E-state index in [4.69, 9.17) is 14.7 Å². The van der Waals surface area contributed by atoms with E-state index in [-0.39, 0.29) is 5.56 Å². The first-order chi connectivity index (χ1) is 11.0. The van der Waals surface area contributed by atoms with Crippen molar-refractivity contribution in [3.05, 3.63) is 57.0 Å². The van der Waals surface area contributed by atoms with Crippen LogP contribution in [0.25, 0.3) is 0 Å². The molecule has 0 N–H and O–H groups in total. The minimum Gasteiger partial charge on any atom is -0.493 e. The fourth-order valence-electron chi connectivity index (χ4n) is 2.22. The Kier molecular flexibility index (Phi) is 4.82. The second-order valence-electron chi connectivity index (χ2n) is 4.93. The molecular formula is C17H17N3O3. The van der Waals surface area contributed by atoms with Crippen molar-refractivity contribution in [2.45, 2.75) is 13.8 Å². The summed E-state index contributed by atoms with van der Waals surface area (Å²) in [4.78, 5) is 12.3. The van der Waals surface area contributed by atoms with E-state index >= 15 is 0 Å². The zero-order valence-electron chi connectivity index (χ0n) is 13.5. The third kappa shape index (κ3) is 3.24. The third-order valence-corrected chi connectivity index (χ3v) is 3.40. The van der Waals surface area contributed by atoms with E-state index in [1.54, 1.807) is 52.3 Å². The largest absolute Gasteiger partial charge is 0.493 e. The number of nitrogens with zero attached hydrogens (tertiary/aromatic N) is 3. The van der Waals surface area contributed by atoms with Gasteiger partial charge in [0.25, 0.3) is 5.56 Å². The molecule has 1 heterocycles. The van der Waals surface area contributed by atoms with Crippen LogP contribution in [0, 0.1) is 25.2 Å². The molecule has 0 spiro atoms. The van der Waals surface area contributed by atoms with Crippen LogP contribution >= 0.6 is 0 Å². The summed E-state index contributed by atoms with van der Waals surface area (Å²) in [6.45, 7) is 3.50. The van der Waals surface area contributed by atoms with Crippen molar-refractivity contribution in [2.24, 2.45) is 5.10 Å². The number of methoxy groups -OCH3 is 2. The Bertz CT molecular complexity index is 861. The Morgan fingerprint density at radius 2 is 1.87 bits per heavy atom. The molecule has 0 atom stereocenters. The molecule has 1 aromatic heterocycles. The number of nitriles is 1. The number of aryl methyl sites for hydroxylation is 2. The third-order valence-electron chi connectivity index (χ3n) is 3.40. The van der Waals surface area contributed by atoms with Crippen molar-refractivity contribution < 1.29 is 9.47 Å². The zero-order valence-corrected chi connectivity index (χ0v) is 13.5. The number of hydrogen-bond donors (Lipinski definition) is 0. The first kappa shape index (κ1) is 16.3. The molecule has 0 fully saturated rings. The number of hydrogen-bond acceptors (Lipinski definition) is 5. The molecule has 2 aromatic rings. The Balaban J connectivity index is 2.46. The maximum atomic E-state index is 12.3. The lowest BCUT2D eigenvalue weighted by molar-refractivity contribution is 0.355. The fourth-order valence-corrected chi connectivity index (χ4v) is 2.22. The van der Waals surface area contributed by atoms with Gasteiger partial charge in [-0.1, -0.05) is 0 Å². The highest BCUT2D eigenvalue weighted by Gasteiger charge is 2.09. The standard InChI is InChI=1S/C17H17N3O3/c1-11-7-12(2)20(17(21)14(11)9-18)19-10-13-5-6-15(22-3)16(8-13)23-4/h5-8,10H,1-4H3/b19-10-. The Hall–Kier alpha value is -3.07. The van der Waals surface area contributed by atoms with E-state index in [9.17, 15) is 4.79 Å². The molecule has 0 radical (unpaired) electrons. The first-order valence-electron chi connectivity index (χ1n) is 6.91. The summed E-state index contributed by atoms with van der Waals surface area (Å²) in [6, 6.07) is 8.98. The molecule has 0 aliphatic heterocycles. The highest BCUT2D eigenvalue weighted by molar-refractivity contribution is 5.80. The molecule has 0 bridgehead atoms. The summed E-state index contributed by atoms with van der Waals surface area (Å²) in [6.07, 6.45) is 1.53. The topological polar surface area (TPSA) is 76.6 Å². The molecule has 0 unspecified atom stereocenters. The molecule has 0 saturated heterocycles. The van der Waals surface area contributed by atoms with Gasteiger partial charge in [0, 0.05) is 5.69 Å². The SMILES string of the molecule is COc1ccc(/C=N\n2c(C)cc(C)c(C#N)c2=O)cc1OC. The summed E-state index contributed by atoms with van der Waals surface area (Å²) >= 11 is 0. The maximum absolute atomic E-state index is 12.3. The van der Waals surface area contributed by atoms with Crippen LogP contribution in [0.5, 0.6) is 11.5 Å². The van der Waals surface area contributed by atoms with Gasteiger partial charge >= 0.3 is 0 Å². The minimum absolute atomic E-state index is 0.0973. The normalized spacial score (nSPS) is 10.6. The van der Waals surface area contributed by atoms with Gasteiger partial charge in [-0.15, -0.1) is 0 Å². The lowest BCUT2D eigenvalue weighted by Crippen LogP contribution is -2.22. The van der Waals surface area contributed by atoms with Crippen molar-refractivity contribution >= 4 is 6.21 Å². The lowest BCUT2D eigenvalue weighted by Gasteiger charge is -2.08. The van der Waals surface area contributed by atoms with Gasteiger partial charge < -0.3 is 9.47 Å². The predicted molar refractivity (Wildman–Crippen MR) is 87.4 cm³/mol. The molecule has 1 aromatic carbocycles. The van der Waals surface area contributed by atoms with E-state index in [0.29, 0.717) is 22.8 Å². The van der Waals surface area contributed by atoms with Crippen LogP contribution in [0.3, 0.4) is 0 Å². The van der Waals surface area contributed by atoms with Crippen molar-refractivity contribution in [1.82, 2.24) is 4.68 Å². The smallest absolute Gasteiger partial charge is 0.289 e. The summed E-state index contributed by atoms with van der Waals surface area (Å²) in [7, 11) is 3.11. The van der Waals surface area contributed by atoms with Gasteiger partial charge in [-0.25, -0.2) is 4.68 Å². The zero-order chi connectivity index (χ0) is 17.0. The number of rotatable bonds is 4. The minimum atomic E-state index is -0.429. The Morgan fingerprint density at radius 1 is 1.17 bits per heavy atom. The van der Waals surface area contributed by atoms with Crippen LogP contribution < -0.4 is 15.0 Å². The van der Waals surface area contributed by atoms with Crippen LogP contribution in [-0.2, 0) is 0 Å².